The molecule has 0 saturated heterocycles. The molecule has 0 aliphatic heterocycles. The quantitative estimate of drug-likeness (QED) is 0.576. The zero-order valence-corrected chi connectivity index (χ0v) is 17.9. The lowest BCUT2D eigenvalue weighted by Crippen LogP contribution is -2.23. The van der Waals surface area contributed by atoms with Crippen LogP contribution in [0.2, 0.25) is 0 Å². The largest absolute Gasteiger partial charge is 0.497 e. The van der Waals surface area contributed by atoms with Crippen molar-refractivity contribution >= 4 is 33.4 Å². The molecule has 8 nitrogen and oxygen atoms in total. The fourth-order valence-corrected chi connectivity index (χ4v) is 4.02. The molecule has 3 aromatic rings. The first-order valence-corrected chi connectivity index (χ1v) is 10.1. The lowest BCUT2D eigenvalue weighted by atomic mass is 10.3. The van der Waals surface area contributed by atoms with Gasteiger partial charge in [0.1, 0.15) is 18.0 Å². The van der Waals surface area contributed by atoms with Gasteiger partial charge in [0.2, 0.25) is 0 Å². The van der Waals surface area contributed by atoms with Crippen molar-refractivity contribution in [1.82, 2.24) is 14.3 Å². The van der Waals surface area contributed by atoms with Crippen LogP contribution < -0.4 is 9.54 Å². The van der Waals surface area contributed by atoms with Gasteiger partial charge in [-0.1, -0.05) is 11.3 Å². The molecule has 0 N–H and O–H groups in total. The third-order valence-electron chi connectivity index (χ3n) is 4.25. The van der Waals surface area contributed by atoms with E-state index >= 15 is 0 Å². The van der Waals surface area contributed by atoms with Crippen molar-refractivity contribution < 1.29 is 19.1 Å². The lowest BCUT2D eigenvalue weighted by Gasteiger charge is -2.08. The predicted octanol–water partition coefficient (Wildman–Crippen LogP) is 3.10. The fraction of sp³-hybridized carbons (Fsp3) is 0.400. The molecule has 2 heterocycles. The molecule has 0 fully saturated rings. The molecule has 9 heteroatoms. The monoisotopic (exact) mass is 416 g/mol. The number of benzene rings is 1. The van der Waals surface area contributed by atoms with Gasteiger partial charge in [-0.2, -0.15) is 10.1 Å². The summed E-state index contributed by atoms with van der Waals surface area (Å²) >= 11 is 1.32. The molecule has 1 aromatic carbocycles. The molecule has 154 valence electrons. The Morgan fingerprint density at radius 2 is 2.03 bits per heavy atom. The number of nitrogens with zero attached hydrogens (tertiary/aromatic N) is 4. The van der Waals surface area contributed by atoms with Crippen molar-refractivity contribution in [1.29, 1.82) is 0 Å². The summed E-state index contributed by atoms with van der Waals surface area (Å²) < 4.78 is 14.6. The Kier molecular flexibility index (Phi) is 6.17. The Morgan fingerprint density at radius 1 is 1.28 bits per heavy atom. The molecule has 0 aliphatic carbocycles. The summed E-state index contributed by atoms with van der Waals surface area (Å²) in [6, 6.07) is 7.25. The molecular formula is C20H24N4O4S. The third-order valence-corrected chi connectivity index (χ3v) is 5.29. The SMILES string of the molecule is CCOC(=O)Cn1c(=NC(=O)c2cc(C)nn2C(C)C)sc2cc(OC)ccc21. The van der Waals surface area contributed by atoms with E-state index in [4.69, 9.17) is 9.47 Å². The van der Waals surface area contributed by atoms with Crippen LogP contribution in [0.5, 0.6) is 5.75 Å². The Bertz CT molecular complexity index is 1120. The number of ether oxygens (including phenoxy) is 2. The molecule has 2 aromatic heterocycles. The van der Waals surface area contributed by atoms with Crippen molar-refractivity contribution in [3.63, 3.8) is 0 Å². The van der Waals surface area contributed by atoms with Crippen molar-refractivity contribution in [2.24, 2.45) is 4.99 Å². The first-order valence-electron chi connectivity index (χ1n) is 9.32. The van der Waals surface area contributed by atoms with Crippen LogP contribution in [0.25, 0.3) is 10.2 Å². The van der Waals surface area contributed by atoms with E-state index in [0.29, 0.717) is 16.2 Å². The normalized spacial score (nSPS) is 12.0. The molecule has 29 heavy (non-hydrogen) atoms. The standard InChI is InChI=1S/C20H24N4O4S/c1-6-28-18(25)11-23-15-8-7-14(27-5)10-17(15)29-20(23)21-19(26)16-9-13(4)22-24(16)12(2)3/h7-10,12H,6,11H2,1-5H3. The Hall–Kier alpha value is -2.94. The first kappa shape index (κ1) is 20.8. The molecule has 0 bridgehead atoms. The van der Waals surface area contributed by atoms with E-state index in [1.54, 1.807) is 35.4 Å². The maximum Gasteiger partial charge on any atom is 0.326 e. The molecule has 0 radical (unpaired) electrons. The van der Waals surface area contributed by atoms with Crippen LogP contribution >= 0.6 is 11.3 Å². The molecule has 1 amide bonds. The maximum absolute atomic E-state index is 12.9. The van der Waals surface area contributed by atoms with Crippen LogP contribution in [0.3, 0.4) is 0 Å². The van der Waals surface area contributed by atoms with Crippen LogP contribution in [0.1, 0.15) is 43.0 Å². The van der Waals surface area contributed by atoms with Gasteiger partial charge in [-0.05, 0) is 52.0 Å². The molecule has 0 spiro atoms. The van der Waals surface area contributed by atoms with E-state index in [2.05, 4.69) is 10.1 Å². The second kappa shape index (κ2) is 8.60. The minimum atomic E-state index is -0.407. The number of esters is 1. The van der Waals surface area contributed by atoms with Crippen LogP contribution in [-0.2, 0) is 16.1 Å². The molecule has 0 aliphatic rings. The van der Waals surface area contributed by atoms with Crippen molar-refractivity contribution in [3.05, 3.63) is 40.5 Å². The highest BCUT2D eigenvalue weighted by atomic mass is 32.1. The van der Waals surface area contributed by atoms with Crippen molar-refractivity contribution in [2.75, 3.05) is 13.7 Å². The minimum absolute atomic E-state index is 0.0242. The number of fused-ring (bicyclic) bond motifs is 1. The van der Waals surface area contributed by atoms with Gasteiger partial charge in [-0.25, -0.2) is 0 Å². The highest BCUT2D eigenvalue weighted by Gasteiger charge is 2.17. The number of rotatable bonds is 6. The van der Waals surface area contributed by atoms with E-state index < -0.39 is 5.91 Å². The third kappa shape index (κ3) is 4.40. The Balaban J connectivity index is 2.14. The van der Waals surface area contributed by atoms with Gasteiger partial charge in [0.25, 0.3) is 5.91 Å². The van der Waals surface area contributed by atoms with E-state index in [-0.39, 0.29) is 25.2 Å². The second-order valence-corrected chi connectivity index (χ2v) is 7.74. The van der Waals surface area contributed by atoms with Crippen molar-refractivity contribution in [3.8, 4) is 5.75 Å². The van der Waals surface area contributed by atoms with Gasteiger partial charge in [0, 0.05) is 6.04 Å². The number of aromatic nitrogens is 3. The number of methoxy groups -OCH3 is 1. The summed E-state index contributed by atoms with van der Waals surface area (Å²) in [6.45, 7) is 7.75. The van der Waals surface area contributed by atoms with Gasteiger partial charge in [0.15, 0.2) is 4.80 Å². The summed E-state index contributed by atoms with van der Waals surface area (Å²) in [7, 11) is 1.59. The van der Waals surface area contributed by atoms with Crippen molar-refractivity contribution in [2.45, 2.75) is 40.3 Å². The van der Waals surface area contributed by atoms with E-state index in [1.807, 2.05) is 32.9 Å². The predicted molar refractivity (Wildman–Crippen MR) is 110 cm³/mol. The zero-order valence-electron chi connectivity index (χ0n) is 17.1. The first-order chi connectivity index (χ1) is 13.8. The van der Waals surface area contributed by atoms with Gasteiger partial charge < -0.3 is 14.0 Å². The number of aryl methyl sites for hydroxylation is 1. The molecule has 0 atom stereocenters. The number of hydrogen-bond acceptors (Lipinski definition) is 6. The average molecular weight is 417 g/mol. The van der Waals surface area contributed by atoms with E-state index in [0.717, 1.165) is 15.9 Å². The van der Waals surface area contributed by atoms with Crippen LogP contribution in [0.4, 0.5) is 0 Å². The van der Waals surface area contributed by atoms with Crippen LogP contribution in [0, 0.1) is 6.92 Å². The number of amides is 1. The van der Waals surface area contributed by atoms with E-state index in [1.165, 1.54) is 11.3 Å². The number of carbonyl (C=O) groups excluding carboxylic acids is 2. The van der Waals surface area contributed by atoms with E-state index in [9.17, 15) is 9.59 Å². The van der Waals surface area contributed by atoms with Crippen LogP contribution in [-0.4, -0.2) is 39.9 Å². The molecule has 3 rings (SSSR count). The highest BCUT2D eigenvalue weighted by molar-refractivity contribution is 7.16. The molecule has 0 saturated carbocycles. The molecule has 0 unspecified atom stereocenters. The topological polar surface area (TPSA) is 87.7 Å². The summed E-state index contributed by atoms with van der Waals surface area (Å²) in [4.78, 5) is 29.8. The lowest BCUT2D eigenvalue weighted by molar-refractivity contribution is -0.143. The highest BCUT2D eigenvalue weighted by Crippen LogP contribution is 2.23. The maximum atomic E-state index is 12.9. The second-order valence-electron chi connectivity index (χ2n) is 6.74. The number of carbonyl (C=O) groups is 2. The number of hydrogen-bond donors (Lipinski definition) is 0. The summed E-state index contributed by atoms with van der Waals surface area (Å²) in [5.74, 6) is -0.108. The van der Waals surface area contributed by atoms with Gasteiger partial charge >= 0.3 is 5.97 Å². The van der Waals surface area contributed by atoms with Gasteiger partial charge in [-0.15, -0.1) is 0 Å². The molecular weight excluding hydrogens is 392 g/mol. The minimum Gasteiger partial charge on any atom is -0.497 e. The van der Waals surface area contributed by atoms with Gasteiger partial charge in [0.05, 0.1) is 29.6 Å². The Morgan fingerprint density at radius 3 is 2.69 bits per heavy atom. The number of thiazole rings is 1. The summed E-state index contributed by atoms with van der Waals surface area (Å²) in [5, 5.41) is 4.38. The van der Waals surface area contributed by atoms with Crippen LogP contribution in [0.15, 0.2) is 29.3 Å². The smallest absolute Gasteiger partial charge is 0.326 e. The fourth-order valence-electron chi connectivity index (χ4n) is 2.97. The zero-order chi connectivity index (χ0) is 21.1. The average Bonchev–Trinajstić information content (AvgIpc) is 3.22. The van der Waals surface area contributed by atoms with Gasteiger partial charge in [-0.3, -0.25) is 14.3 Å². The Labute approximate surface area is 172 Å². The summed E-state index contributed by atoms with van der Waals surface area (Å²) in [5.41, 5.74) is 1.94. The summed E-state index contributed by atoms with van der Waals surface area (Å²) in [6.07, 6.45) is 0.